The summed E-state index contributed by atoms with van der Waals surface area (Å²) >= 11 is 0. The molecular formula is C22H25NSi. The van der Waals surface area contributed by atoms with Gasteiger partial charge < -0.3 is 0 Å². The molecule has 0 saturated carbocycles. The van der Waals surface area contributed by atoms with E-state index in [2.05, 4.69) is 98.3 Å². The van der Waals surface area contributed by atoms with Gasteiger partial charge in [0.2, 0.25) is 0 Å². The van der Waals surface area contributed by atoms with Crippen LogP contribution in [0, 0.1) is 0 Å². The van der Waals surface area contributed by atoms with Gasteiger partial charge >= 0.3 is 0 Å². The predicted molar refractivity (Wildman–Crippen MR) is 107 cm³/mol. The van der Waals surface area contributed by atoms with Crippen LogP contribution in [0.2, 0.25) is 19.6 Å². The second-order valence-electron chi connectivity index (χ2n) is 7.44. The molecule has 3 aromatic rings. The van der Waals surface area contributed by atoms with Gasteiger partial charge in [0.05, 0.1) is 13.8 Å². The third-order valence-electron chi connectivity index (χ3n) is 4.61. The molecular weight excluding hydrogens is 306 g/mol. The number of hydrogen-bond acceptors (Lipinski definition) is 1. The van der Waals surface area contributed by atoms with Crippen molar-refractivity contribution in [2.24, 2.45) is 0 Å². The van der Waals surface area contributed by atoms with Crippen LogP contribution in [0.25, 0.3) is 11.3 Å². The van der Waals surface area contributed by atoms with Gasteiger partial charge in [0.15, 0.2) is 0 Å². The molecule has 0 spiro atoms. The molecule has 3 rings (SSSR count). The molecule has 1 aromatic heterocycles. The molecule has 0 aliphatic heterocycles. The van der Waals surface area contributed by atoms with Crippen molar-refractivity contribution in [1.29, 1.82) is 0 Å². The van der Waals surface area contributed by atoms with E-state index < -0.39 is 8.07 Å². The van der Waals surface area contributed by atoms with Crippen LogP contribution in [0.3, 0.4) is 0 Å². The van der Waals surface area contributed by atoms with E-state index in [-0.39, 0.29) is 0 Å². The van der Waals surface area contributed by atoms with Gasteiger partial charge in [0, 0.05) is 17.7 Å². The van der Waals surface area contributed by atoms with Crippen LogP contribution in [-0.4, -0.2) is 13.1 Å². The average Bonchev–Trinajstić information content (AvgIpc) is 2.61. The van der Waals surface area contributed by atoms with Crippen molar-refractivity contribution in [3.8, 4) is 11.3 Å². The minimum atomic E-state index is -1.33. The molecule has 1 atom stereocenters. The number of pyridine rings is 1. The van der Waals surface area contributed by atoms with Crippen LogP contribution in [0.5, 0.6) is 0 Å². The first kappa shape index (κ1) is 16.7. The molecule has 0 fully saturated rings. The third-order valence-corrected chi connectivity index (χ3v) is 6.65. The molecule has 2 aromatic carbocycles. The molecule has 122 valence electrons. The van der Waals surface area contributed by atoms with Gasteiger partial charge in [-0.3, -0.25) is 4.98 Å². The fraction of sp³-hybridized carbons (Fsp3) is 0.227. The predicted octanol–water partition coefficient (Wildman–Crippen LogP) is 5.45. The van der Waals surface area contributed by atoms with Crippen LogP contribution in [0.15, 0.2) is 72.9 Å². The van der Waals surface area contributed by atoms with Crippen molar-refractivity contribution in [3.05, 3.63) is 84.1 Å². The maximum Gasteiger partial charge on any atom is 0.0777 e. The zero-order valence-corrected chi connectivity index (χ0v) is 16.0. The quantitative estimate of drug-likeness (QED) is 0.580. The number of aromatic nitrogens is 1. The topological polar surface area (TPSA) is 12.9 Å². The van der Waals surface area contributed by atoms with Crippen LogP contribution < -0.4 is 5.19 Å². The summed E-state index contributed by atoms with van der Waals surface area (Å²) in [7, 11) is -1.33. The summed E-state index contributed by atoms with van der Waals surface area (Å²) in [5.41, 5.74) is 4.96. The molecule has 0 bridgehead atoms. The van der Waals surface area contributed by atoms with Crippen molar-refractivity contribution in [2.75, 3.05) is 0 Å². The van der Waals surface area contributed by atoms with Crippen LogP contribution in [0.1, 0.15) is 24.0 Å². The summed E-state index contributed by atoms with van der Waals surface area (Å²) in [5.74, 6) is 0.381. The summed E-state index contributed by atoms with van der Waals surface area (Å²) in [5, 5.41) is 1.45. The van der Waals surface area contributed by atoms with Crippen LogP contribution in [0.4, 0.5) is 0 Å². The van der Waals surface area contributed by atoms with Gasteiger partial charge in [0.1, 0.15) is 0 Å². The molecule has 1 heterocycles. The van der Waals surface area contributed by atoms with E-state index >= 15 is 0 Å². The number of benzene rings is 2. The Kier molecular flexibility index (Phi) is 4.68. The Morgan fingerprint density at radius 2 is 1.50 bits per heavy atom. The van der Waals surface area contributed by atoms with Gasteiger partial charge in [-0.05, 0) is 29.3 Å². The van der Waals surface area contributed by atoms with Crippen molar-refractivity contribution in [1.82, 2.24) is 4.98 Å². The fourth-order valence-electron chi connectivity index (χ4n) is 2.96. The summed E-state index contributed by atoms with van der Waals surface area (Å²) < 4.78 is 0. The van der Waals surface area contributed by atoms with E-state index in [1.165, 1.54) is 21.9 Å². The highest BCUT2D eigenvalue weighted by Gasteiger charge is 2.17. The van der Waals surface area contributed by atoms with Crippen molar-refractivity contribution in [2.45, 2.75) is 32.5 Å². The molecule has 0 aliphatic carbocycles. The molecule has 1 unspecified atom stereocenters. The van der Waals surface area contributed by atoms with Crippen molar-refractivity contribution < 1.29 is 0 Å². The lowest BCUT2D eigenvalue weighted by atomic mass is 9.91. The zero-order chi connectivity index (χ0) is 17.2. The summed E-state index contributed by atoms with van der Waals surface area (Å²) in [6.45, 7) is 9.39. The Morgan fingerprint density at radius 1 is 0.792 bits per heavy atom. The Bertz CT molecular complexity index is 819. The first-order valence-electron chi connectivity index (χ1n) is 8.57. The van der Waals surface area contributed by atoms with Crippen molar-refractivity contribution in [3.63, 3.8) is 0 Å². The van der Waals surface area contributed by atoms with Crippen LogP contribution >= 0.6 is 0 Å². The highest BCUT2D eigenvalue weighted by atomic mass is 28.3. The van der Waals surface area contributed by atoms with Gasteiger partial charge in [-0.25, -0.2) is 0 Å². The van der Waals surface area contributed by atoms with E-state index in [0.717, 1.165) is 5.69 Å². The first-order chi connectivity index (χ1) is 11.4. The summed E-state index contributed by atoms with van der Waals surface area (Å²) in [6.07, 6.45) is 1.95. The molecule has 0 amide bonds. The molecule has 0 aliphatic rings. The van der Waals surface area contributed by atoms with Crippen molar-refractivity contribution >= 4 is 13.3 Å². The standard InChI is InChI=1S/C22H25NSi/c1-17(18-9-6-5-7-10-18)19-11-8-12-20(15-19)22-16-21(13-14-23-22)24(2,3)4/h5-17H,1-4H3. The monoisotopic (exact) mass is 331 g/mol. The highest BCUT2D eigenvalue weighted by molar-refractivity contribution is 6.88. The van der Waals surface area contributed by atoms with E-state index in [1.807, 2.05) is 6.20 Å². The van der Waals surface area contributed by atoms with E-state index in [4.69, 9.17) is 0 Å². The van der Waals surface area contributed by atoms with Crippen LogP contribution in [-0.2, 0) is 0 Å². The third kappa shape index (κ3) is 3.65. The normalized spacial score (nSPS) is 12.8. The maximum atomic E-state index is 4.62. The van der Waals surface area contributed by atoms with Gasteiger partial charge in [-0.15, -0.1) is 0 Å². The highest BCUT2D eigenvalue weighted by Crippen LogP contribution is 2.27. The summed E-state index contributed by atoms with van der Waals surface area (Å²) in [4.78, 5) is 4.62. The Labute approximate surface area is 146 Å². The average molecular weight is 332 g/mol. The van der Waals surface area contributed by atoms with E-state index in [9.17, 15) is 0 Å². The largest absolute Gasteiger partial charge is 0.256 e. The fourth-order valence-corrected chi connectivity index (χ4v) is 4.10. The molecule has 0 saturated heterocycles. The Balaban J connectivity index is 1.97. The maximum absolute atomic E-state index is 4.62. The lowest BCUT2D eigenvalue weighted by Gasteiger charge is -2.18. The van der Waals surface area contributed by atoms with Gasteiger partial charge in [0.25, 0.3) is 0 Å². The van der Waals surface area contributed by atoms with E-state index in [1.54, 1.807) is 0 Å². The second-order valence-corrected chi connectivity index (χ2v) is 12.5. The van der Waals surface area contributed by atoms with Gasteiger partial charge in [-0.1, -0.05) is 80.3 Å². The summed E-state index contributed by atoms with van der Waals surface area (Å²) in [6, 6.07) is 23.9. The Hall–Kier alpha value is -2.19. The molecule has 2 heteroatoms. The Morgan fingerprint density at radius 3 is 2.21 bits per heavy atom. The lowest BCUT2D eigenvalue weighted by molar-refractivity contribution is 0.923. The minimum Gasteiger partial charge on any atom is -0.256 e. The molecule has 0 radical (unpaired) electrons. The molecule has 0 N–H and O–H groups in total. The lowest BCUT2D eigenvalue weighted by Crippen LogP contribution is -2.37. The first-order valence-corrected chi connectivity index (χ1v) is 12.1. The van der Waals surface area contributed by atoms with E-state index in [0.29, 0.717) is 5.92 Å². The smallest absolute Gasteiger partial charge is 0.0777 e. The molecule has 1 nitrogen and oxygen atoms in total. The SMILES string of the molecule is CC(c1ccccc1)c1cccc(-c2cc([Si](C)(C)C)ccn2)c1. The molecule has 24 heavy (non-hydrogen) atoms. The van der Waals surface area contributed by atoms with Gasteiger partial charge in [-0.2, -0.15) is 0 Å². The number of nitrogens with zero attached hydrogens (tertiary/aromatic N) is 1. The number of rotatable bonds is 4. The minimum absolute atomic E-state index is 0.381. The zero-order valence-electron chi connectivity index (χ0n) is 15.0. The second kappa shape index (κ2) is 6.74. The number of hydrogen-bond donors (Lipinski definition) is 0.